The Morgan fingerprint density at radius 3 is 1.75 bits per heavy atom. The van der Waals surface area contributed by atoms with Crippen LogP contribution in [0, 0.1) is 0 Å². The predicted molar refractivity (Wildman–Crippen MR) is 324 cm³/mol. The Hall–Kier alpha value is -6.98. The topological polar surface area (TPSA) is 22.9 Å². The summed E-state index contributed by atoms with van der Waals surface area (Å²) in [4.78, 5) is 8.17. The standard InChI is InChI=1S/C71H72BN3O/c1-66(2,3)43-29-34-56-53(37-43)70(12)35-18-19-36-71(70,13)75(56)47-40-60-65-61(41-47)74(57-25-20-24-52-64(57)50-22-14-16-23-51(50)69(52,10)11)59-39-45(68(7,8)9)28-33-55(59)72(65)54-32-27-44(67(4,5)6)38-58(54)73(60)46-30-31-49-48-21-15-17-26-62(48)76-63(49)42-46/h14-17,20-34,37-42H,18-19,35-36H2,1-13H3. The second kappa shape index (κ2) is 15.6. The van der Waals surface area contributed by atoms with Crippen LogP contribution in [0.25, 0.3) is 33.1 Å². The fraction of sp³-hybridized carbons (Fsp3) is 0.324. The summed E-state index contributed by atoms with van der Waals surface area (Å²) >= 11 is 0. The third kappa shape index (κ3) is 6.44. The van der Waals surface area contributed by atoms with Crippen molar-refractivity contribution in [3.05, 3.63) is 185 Å². The van der Waals surface area contributed by atoms with Crippen molar-refractivity contribution in [3.63, 3.8) is 0 Å². The molecule has 4 heterocycles. The van der Waals surface area contributed by atoms with Crippen molar-refractivity contribution in [2.45, 2.75) is 148 Å². The fourth-order valence-corrected chi connectivity index (χ4v) is 15.0. The summed E-state index contributed by atoms with van der Waals surface area (Å²) in [5.74, 6) is 0. The number of rotatable bonds is 3. The van der Waals surface area contributed by atoms with E-state index in [4.69, 9.17) is 4.42 Å². The van der Waals surface area contributed by atoms with Crippen molar-refractivity contribution in [1.82, 2.24) is 0 Å². The van der Waals surface area contributed by atoms with Gasteiger partial charge in [-0.05, 0) is 146 Å². The lowest BCUT2D eigenvalue weighted by atomic mass is 9.33. The van der Waals surface area contributed by atoms with Crippen LogP contribution in [0.3, 0.4) is 0 Å². The summed E-state index contributed by atoms with van der Waals surface area (Å²) in [5.41, 5.74) is 26.1. The Kier molecular flexibility index (Phi) is 9.74. The van der Waals surface area contributed by atoms with Crippen molar-refractivity contribution < 1.29 is 4.42 Å². The number of nitrogens with zero attached hydrogens (tertiary/aromatic N) is 3. The van der Waals surface area contributed by atoms with Crippen molar-refractivity contribution >= 4 is 90.5 Å². The van der Waals surface area contributed by atoms with E-state index in [0.29, 0.717) is 0 Å². The molecule has 2 atom stereocenters. The number of para-hydroxylation sites is 1. The Balaban J connectivity index is 1.14. The van der Waals surface area contributed by atoms with Gasteiger partial charge in [0.05, 0.1) is 11.2 Å². The van der Waals surface area contributed by atoms with E-state index in [0.717, 1.165) is 40.5 Å². The van der Waals surface area contributed by atoms with Crippen LogP contribution in [0.5, 0.6) is 0 Å². The molecular formula is C71H72BN3O. The highest BCUT2D eigenvalue weighted by Gasteiger charge is 2.58. The van der Waals surface area contributed by atoms with Crippen LogP contribution in [0.15, 0.2) is 156 Å². The molecule has 1 fully saturated rings. The monoisotopic (exact) mass is 994 g/mol. The van der Waals surface area contributed by atoms with E-state index in [1.807, 2.05) is 0 Å². The van der Waals surface area contributed by atoms with Gasteiger partial charge in [-0.1, -0.05) is 187 Å². The Bertz CT molecular complexity index is 3950. The van der Waals surface area contributed by atoms with E-state index in [1.165, 1.54) is 114 Å². The summed E-state index contributed by atoms with van der Waals surface area (Å²) in [7, 11) is 0. The van der Waals surface area contributed by atoms with E-state index in [9.17, 15) is 0 Å². The summed E-state index contributed by atoms with van der Waals surface area (Å²) in [6.07, 6.45) is 4.71. The molecule has 5 heteroatoms. The minimum Gasteiger partial charge on any atom is -0.456 e. The zero-order valence-corrected chi connectivity index (χ0v) is 47.1. The first-order chi connectivity index (χ1) is 36.1. The zero-order chi connectivity index (χ0) is 52.8. The average molecular weight is 994 g/mol. The largest absolute Gasteiger partial charge is 0.456 e. The Morgan fingerprint density at radius 2 is 1.04 bits per heavy atom. The molecule has 0 spiro atoms. The molecule has 3 aliphatic heterocycles. The smallest absolute Gasteiger partial charge is 0.252 e. The summed E-state index contributed by atoms with van der Waals surface area (Å²) < 4.78 is 6.78. The highest BCUT2D eigenvalue weighted by molar-refractivity contribution is 7.00. The van der Waals surface area contributed by atoms with Crippen molar-refractivity contribution in [1.29, 1.82) is 0 Å². The predicted octanol–water partition coefficient (Wildman–Crippen LogP) is 17.6. The SMILES string of the molecule is CC(C)(C)c1ccc2c(c1)N(c1ccc3c(c1)oc1ccccc13)c1cc(N3c4ccc(C(C)(C)C)cc4C4(C)CCCCC34C)cc3c1B2c1ccc(C(C)(C)C)cc1N3c1cccc2c1-c1ccccc1C2(C)C. The van der Waals surface area contributed by atoms with Gasteiger partial charge in [0.2, 0.25) is 0 Å². The number of anilines is 8. The first kappa shape index (κ1) is 47.5. The van der Waals surface area contributed by atoms with E-state index < -0.39 is 0 Å². The van der Waals surface area contributed by atoms with E-state index in [2.05, 4.69) is 256 Å². The number of furan rings is 1. The molecule has 0 bridgehead atoms. The molecular weight excluding hydrogens is 922 g/mol. The van der Waals surface area contributed by atoms with E-state index in [-0.39, 0.29) is 39.3 Å². The molecule has 14 rings (SSSR count). The van der Waals surface area contributed by atoms with Crippen LogP contribution in [0.1, 0.15) is 149 Å². The van der Waals surface area contributed by atoms with Crippen LogP contribution in [-0.2, 0) is 27.1 Å². The normalized spacial score (nSPS) is 20.1. The zero-order valence-electron chi connectivity index (χ0n) is 47.1. The molecule has 2 unspecified atom stereocenters. The third-order valence-electron chi connectivity index (χ3n) is 19.5. The van der Waals surface area contributed by atoms with Gasteiger partial charge < -0.3 is 19.1 Å². The highest BCUT2D eigenvalue weighted by atomic mass is 16.3. The van der Waals surface area contributed by atoms with E-state index >= 15 is 0 Å². The molecule has 1 aromatic heterocycles. The summed E-state index contributed by atoms with van der Waals surface area (Å²) in [6, 6.07) is 59.4. The van der Waals surface area contributed by atoms with Crippen LogP contribution < -0.4 is 31.1 Å². The molecule has 380 valence electrons. The molecule has 0 N–H and O–H groups in total. The third-order valence-corrected chi connectivity index (χ3v) is 19.5. The van der Waals surface area contributed by atoms with Gasteiger partial charge in [0, 0.05) is 73.0 Å². The lowest BCUT2D eigenvalue weighted by molar-refractivity contribution is 0.195. The van der Waals surface area contributed by atoms with Crippen molar-refractivity contribution in [2.75, 3.05) is 14.7 Å². The molecule has 9 aromatic rings. The lowest BCUT2D eigenvalue weighted by Gasteiger charge is -2.51. The molecule has 76 heavy (non-hydrogen) atoms. The molecule has 0 saturated heterocycles. The second-order valence-electron chi connectivity index (χ2n) is 27.3. The van der Waals surface area contributed by atoms with E-state index in [1.54, 1.807) is 0 Å². The molecule has 0 radical (unpaired) electrons. The number of hydrogen-bond donors (Lipinski definition) is 0. The minimum absolute atomic E-state index is 0.0263. The van der Waals surface area contributed by atoms with Crippen molar-refractivity contribution in [2.24, 2.45) is 0 Å². The van der Waals surface area contributed by atoms with Crippen LogP contribution in [0.4, 0.5) is 45.5 Å². The molecule has 4 nitrogen and oxygen atoms in total. The van der Waals surface area contributed by atoms with Gasteiger partial charge in [-0.2, -0.15) is 0 Å². The van der Waals surface area contributed by atoms with Crippen LogP contribution >= 0.6 is 0 Å². The maximum absolute atomic E-state index is 6.78. The number of hydrogen-bond acceptors (Lipinski definition) is 4. The highest BCUT2D eigenvalue weighted by Crippen LogP contribution is 2.63. The minimum atomic E-state index is -0.178. The first-order valence-corrected chi connectivity index (χ1v) is 28.2. The number of benzene rings is 8. The first-order valence-electron chi connectivity index (χ1n) is 28.2. The van der Waals surface area contributed by atoms with Gasteiger partial charge in [0.1, 0.15) is 11.2 Å². The molecule has 0 amide bonds. The van der Waals surface area contributed by atoms with Gasteiger partial charge >= 0.3 is 0 Å². The van der Waals surface area contributed by atoms with Gasteiger partial charge in [-0.15, -0.1) is 0 Å². The van der Waals surface area contributed by atoms with Gasteiger partial charge in [-0.25, -0.2) is 0 Å². The Morgan fingerprint density at radius 1 is 0.447 bits per heavy atom. The molecule has 1 saturated carbocycles. The van der Waals surface area contributed by atoms with Gasteiger partial charge in [0.15, 0.2) is 0 Å². The maximum atomic E-state index is 6.78. The summed E-state index contributed by atoms with van der Waals surface area (Å²) in [6.45, 7) is 31.2. The Labute approximate surface area is 451 Å². The number of fused-ring (bicyclic) bond motifs is 13. The fourth-order valence-electron chi connectivity index (χ4n) is 15.0. The van der Waals surface area contributed by atoms with Crippen LogP contribution in [0.2, 0.25) is 0 Å². The van der Waals surface area contributed by atoms with Gasteiger partial charge in [0.25, 0.3) is 6.71 Å². The van der Waals surface area contributed by atoms with Gasteiger partial charge in [-0.3, -0.25) is 0 Å². The lowest BCUT2D eigenvalue weighted by Crippen LogP contribution is -2.61. The van der Waals surface area contributed by atoms with Crippen LogP contribution in [-0.4, -0.2) is 12.3 Å². The molecule has 5 aliphatic rings. The summed E-state index contributed by atoms with van der Waals surface area (Å²) in [5, 5.41) is 2.28. The molecule has 8 aromatic carbocycles. The second-order valence-corrected chi connectivity index (χ2v) is 27.3. The average Bonchev–Trinajstić information content (AvgIpc) is 4.04. The molecule has 2 aliphatic carbocycles. The quantitative estimate of drug-likeness (QED) is 0.165. The van der Waals surface area contributed by atoms with Crippen molar-refractivity contribution in [3.8, 4) is 11.1 Å². The maximum Gasteiger partial charge on any atom is 0.252 e.